The largest absolute Gasteiger partial charge is 0.344 e. The quantitative estimate of drug-likeness (QED) is 0.775. The summed E-state index contributed by atoms with van der Waals surface area (Å²) < 4.78 is 11.5. The highest BCUT2D eigenvalue weighted by Gasteiger charge is 2.32. The molecule has 0 aromatic carbocycles. The van der Waals surface area contributed by atoms with Gasteiger partial charge in [-0.2, -0.15) is 0 Å². The van der Waals surface area contributed by atoms with Crippen LogP contribution in [0.4, 0.5) is 0 Å². The fourth-order valence-electron chi connectivity index (χ4n) is 2.05. The molecule has 1 saturated heterocycles. The Morgan fingerprint density at radius 3 is 2.68 bits per heavy atom. The van der Waals surface area contributed by atoms with Crippen LogP contribution in [0.3, 0.4) is 0 Å². The Morgan fingerprint density at radius 1 is 1.42 bits per heavy atom. The Hall–Kier alpha value is -0.910. The summed E-state index contributed by atoms with van der Waals surface area (Å²) in [6.07, 6.45) is 1.17. The fraction of sp³-hybridized carbons (Fsp3) is 0.846. The molecule has 1 N–H and O–H groups in total. The lowest BCUT2D eigenvalue weighted by atomic mass is 9.98. The minimum absolute atomic E-state index is 0.0340. The highest BCUT2D eigenvalue weighted by molar-refractivity contribution is 7.84. The number of nitrogens with one attached hydrogen (secondary N) is 1. The zero-order chi connectivity index (χ0) is 14.4. The molecule has 0 aliphatic carbocycles. The minimum Gasteiger partial charge on any atom is -0.344 e. The molecule has 1 heterocycles. The van der Waals surface area contributed by atoms with Gasteiger partial charge in [0, 0.05) is 41.8 Å². The highest BCUT2D eigenvalue weighted by Crippen LogP contribution is 2.14. The first-order valence-corrected chi connectivity index (χ1v) is 8.41. The van der Waals surface area contributed by atoms with Crippen LogP contribution in [0.1, 0.15) is 33.6 Å². The molecule has 0 aromatic rings. The van der Waals surface area contributed by atoms with Crippen molar-refractivity contribution in [3.63, 3.8) is 0 Å². The van der Waals surface area contributed by atoms with Crippen molar-refractivity contribution in [3.05, 3.63) is 0 Å². The van der Waals surface area contributed by atoms with E-state index in [9.17, 15) is 13.8 Å². The number of carbonyl (C=O) groups is 2. The van der Waals surface area contributed by atoms with Crippen LogP contribution in [0.15, 0.2) is 0 Å². The maximum Gasteiger partial charge on any atom is 0.245 e. The monoisotopic (exact) mass is 288 g/mol. The third kappa shape index (κ3) is 4.60. The summed E-state index contributed by atoms with van der Waals surface area (Å²) in [5, 5.41) is 2.80. The van der Waals surface area contributed by atoms with E-state index in [2.05, 4.69) is 5.32 Å². The average molecular weight is 288 g/mol. The van der Waals surface area contributed by atoms with Gasteiger partial charge in [0.05, 0.1) is 0 Å². The van der Waals surface area contributed by atoms with Gasteiger partial charge in [-0.3, -0.25) is 13.8 Å². The molecule has 1 fully saturated rings. The van der Waals surface area contributed by atoms with E-state index in [1.54, 1.807) is 4.90 Å². The van der Waals surface area contributed by atoms with Gasteiger partial charge in [0.2, 0.25) is 11.8 Å². The SMILES string of the molecule is CCC(C)C1NC(=O)CCN(CCS(=O)CC)C1=O. The van der Waals surface area contributed by atoms with E-state index in [4.69, 9.17) is 0 Å². The molecule has 3 atom stereocenters. The van der Waals surface area contributed by atoms with Crippen LogP contribution in [-0.2, 0) is 20.4 Å². The second-order valence-electron chi connectivity index (χ2n) is 4.94. The predicted octanol–water partition coefficient (Wildman–Crippen LogP) is 0.518. The molecule has 0 aromatic heterocycles. The van der Waals surface area contributed by atoms with Crippen LogP contribution >= 0.6 is 0 Å². The highest BCUT2D eigenvalue weighted by atomic mass is 32.2. The topological polar surface area (TPSA) is 66.5 Å². The van der Waals surface area contributed by atoms with Crippen molar-refractivity contribution in [2.75, 3.05) is 24.6 Å². The fourth-order valence-corrected chi connectivity index (χ4v) is 2.76. The summed E-state index contributed by atoms with van der Waals surface area (Å²) in [7, 11) is -0.881. The Kier molecular flexibility index (Phi) is 6.48. The van der Waals surface area contributed by atoms with Gasteiger partial charge in [0.25, 0.3) is 0 Å². The average Bonchev–Trinajstić information content (AvgIpc) is 2.55. The van der Waals surface area contributed by atoms with Gasteiger partial charge >= 0.3 is 0 Å². The molecule has 3 unspecified atom stereocenters. The molecule has 1 rings (SSSR count). The molecule has 19 heavy (non-hydrogen) atoms. The molecule has 2 amide bonds. The predicted molar refractivity (Wildman–Crippen MR) is 76.1 cm³/mol. The molecule has 1 aliphatic rings. The summed E-state index contributed by atoms with van der Waals surface area (Å²) in [6, 6.07) is -0.435. The standard InChI is InChI=1S/C13H24N2O3S/c1-4-10(3)12-13(17)15(7-6-11(16)14-12)8-9-19(18)5-2/h10,12H,4-9H2,1-3H3,(H,14,16). The van der Waals surface area contributed by atoms with Crippen LogP contribution in [0.25, 0.3) is 0 Å². The summed E-state index contributed by atoms with van der Waals surface area (Å²) in [5.41, 5.74) is 0. The van der Waals surface area contributed by atoms with Gasteiger partial charge in [0.1, 0.15) is 6.04 Å². The lowest BCUT2D eigenvalue weighted by molar-refractivity contribution is -0.134. The van der Waals surface area contributed by atoms with E-state index < -0.39 is 16.8 Å². The van der Waals surface area contributed by atoms with E-state index in [0.717, 1.165) is 6.42 Å². The van der Waals surface area contributed by atoms with Crippen LogP contribution in [0, 0.1) is 5.92 Å². The zero-order valence-corrected chi connectivity index (χ0v) is 12.8. The molecule has 0 bridgehead atoms. The van der Waals surface area contributed by atoms with Crippen LogP contribution in [0.5, 0.6) is 0 Å². The summed E-state index contributed by atoms with van der Waals surface area (Å²) in [4.78, 5) is 25.7. The maximum atomic E-state index is 12.4. The first kappa shape index (κ1) is 16.1. The molecule has 0 spiro atoms. The van der Waals surface area contributed by atoms with Gasteiger partial charge in [0.15, 0.2) is 0 Å². The van der Waals surface area contributed by atoms with E-state index in [-0.39, 0.29) is 17.7 Å². The van der Waals surface area contributed by atoms with Crippen LogP contribution in [0.2, 0.25) is 0 Å². The summed E-state index contributed by atoms with van der Waals surface area (Å²) in [6.45, 7) is 6.75. The van der Waals surface area contributed by atoms with E-state index >= 15 is 0 Å². The third-order valence-corrected chi connectivity index (χ3v) is 4.91. The number of nitrogens with zero attached hydrogens (tertiary/aromatic N) is 1. The number of rotatable bonds is 6. The van der Waals surface area contributed by atoms with Crippen molar-refractivity contribution in [1.29, 1.82) is 0 Å². The second kappa shape index (κ2) is 7.62. The van der Waals surface area contributed by atoms with E-state index in [1.165, 1.54) is 0 Å². The van der Waals surface area contributed by atoms with Gasteiger partial charge < -0.3 is 10.2 Å². The zero-order valence-electron chi connectivity index (χ0n) is 12.0. The molecule has 0 radical (unpaired) electrons. The number of hydrogen-bond acceptors (Lipinski definition) is 3. The van der Waals surface area contributed by atoms with Crippen molar-refractivity contribution in [3.8, 4) is 0 Å². The molecular formula is C13H24N2O3S. The lowest BCUT2D eigenvalue weighted by Gasteiger charge is -2.27. The molecule has 5 nitrogen and oxygen atoms in total. The van der Waals surface area contributed by atoms with Gasteiger partial charge in [-0.05, 0) is 5.92 Å². The molecular weight excluding hydrogens is 264 g/mol. The van der Waals surface area contributed by atoms with Gasteiger partial charge in [-0.25, -0.2) is 0 Å². The Balaban J connectivity index is 2.72. The molecule has 6 heteroatoms. The summed E-state index contributed by atoms with van der Waals surface area (Å²) in [5.74, 6) is 1.11. The Bertz CT molecular complexity index is 360. The molecule has 1 aliphatic heterocycles. The minimum atomic E-state index is -0.881. The van der Waals surface area contributed by atoms with Gasteiger partial charge in [-0.1, -0.05) is 27.2 Å². The normalized spacial score (nSPS) is 23.7. The van der Waals surface area contributed by atoms with E-state index in [1.807, 2.05) is 20.8 Å². The van der Waals surface area contributed by atoms with Crippen LogP contribution < -0.4 is 5.32 Å². The van der Waals surface area contributed by atoms with Crippen molar-refractivity contribution >= 4 is 22.6 Å². The maximum absolute atomic E-state index is 12.4. The molecule has 0 saturated carbocycles. The Labute approximate surface area is 117 Å². The number of carbonyl (C=O) groups excluding carboxylic acids is 2. The van der Waals surface area contributed by atoms with Crippen LogP contribution in [-0.4, -0.2) is 51.6 Å². The second-order valence-corrected chi connectivity index (χ2v) is 6.80. The number of amides is 2. The lowest BCUT2D eigenvalue weighted by Crippen LogP contribution is -2.49. The summed E-state index contributed by atoms with van der Waals surface area (Å²) >= 11 is 0. The number of hydrogen-bond donors (Lipinski definition) is 1. The smallest absolute Gasteiger partial charge is 0.245 e. The van der Waals surface area contributed by atoms with Crippen molar-refractivity contribution in [2.24, 2.45) is 5.92 Å². The first-order chi connectivity index (χ1) is 8.99. The van der Waals surface area contributed by atoms with E-state index in [0.29, 0.717) is 31.0 Å². The van der Waals surface area contributed by atoms with Gasteiger partial charge in [-0.15, -0.1) is 0 Å². The van der Waals surface area contributed by atoms with Crippen molar-refractivity contribution in [2.45, 2.75) is 39.7 Å². The van der Waals surface area contributed by atoms with Crippen molar-refractivity contribution < 1.29 is 13.8 Å². The van der Waals surface area contributed by atoms with Crippen molar-refractivity contribution in [1.82, 2.24) is 10.2 Å². The third-order valence-electron chi connectivity index (χ3n) is 3.63. The molecule has 110 valence electrons. The first-order valence-electron chi connectivity index (χ1n) is 6.92. The Morgan fingerprint density at radius 2 is 2.11 bits per heavy atom.